The van der Waals surface area contributed by atoms with Crippen LogP contribution in [0.3, 0.4) is 0 Å². The second kappa shape index (κ2) is 11.6. The summed E-state index contributed by atoms with van der Waals surface area (Å²) in [4.78, 5) is 11.2. The fraction of sp³-hybridized carbons (Fsp3) is 0.917. The van der Waals surface area contributed by atoms with Gasteiger partial charge < -0.3 is 9.84 Å². The molecule has 0 fully saturated rings. The highest BCUT2D eigenvalue weighted by Gasteiger charge is 2.09. The topological polar surface area (TPSA) is 46.5 Å². The molecule has 0 saturated carbocycles. The van der Waals surface area contributed by atoms with Gasteiger partial charge in [0.25, 0.3) is 0 Å². The van der Waals surface area contributed by atoms with E-state index in [0.717, 1.165) is 12.8 Å². The van der Waals surface area contributed by atoms with Gasteiger partial charge in [0.05, 0.1) is 19.1 Å². The van der Waals surface area contributed by atoms with Crippen LogP contribution < -0.4 is 0 Å². The lowest BCUT2D eigenvalue weighted by atomic mass is 10.1. The van der Waals surface area contributed by atoms with Crippen molar-refractivity contribution in [3.63, 3.8) is 0 Å². The van der Waals surface area contributed by atoms with Crippen molar-refractivity contribution < 1.29 is 14.6 Å². The normalized spacial score (nSPS) is 12.4. The van der Waals surface area contributed by atoms with Crippen molar-refractivity contribution in [3.05, 3.63) is 0 Å². The maximum absolute atomic E-state index is 11.2. The molecule has 0 radical (unpaired) electrons. The molecule has 0 aromatic carbocycles. The summed E-state index contributed by atoms with van der Waals surface area (Å²) in [5.74, 6) is -0.280. The van der Waals surface area contributed by atoms with Crippen molar-refractivity contribution in [3.8, 4) is 0 Å². The third-order valence-corrected chi connectivity index (χ3v) is 3.36. The molecule has 16 heavy (non-hydrogen) atoms. The molecule has 0 aliphatic heterocycles. The molecule has 1 N–H and O–H groups in total. The highest BCUT2D eigenvalue weighted by molar-refractivity contribution is 14.1. The van der Waals surface area contributed by atoms with Crippen molar-refractivity contribution >= 4 is 28.6 Å². The van der Waals surface area contributed by atoms with Crippen LogP contribution in [0.4, 0.5) is 0 Å². The number of halogens is 1. The predicted molar refractivity (Wildman–Crippen MR) is 73.8 cm³/mol. The molecule has 1 atom stereocenters. The van der Waals surface area contributed by atoms with Gasteiger partial charge in [-0.25, -0.2) is 0 Å². The average Bonchev–Trinajstić information content (AvgIpc) is 2.27. The van der Waals surface area contributed by atoms with Gasteiger partial charge in [-0.05, 0) is 6.42 Å². The minimum atomic E-state index is -0.558. The van der Waals surface area contributed by atoms with E-state index in [1.165, 1.54) is 25.7 Å². The molecular formula is C12H23IO3. The number of esters is 1. The monoisotopic (exact) mass is 342 g/mol. The third kappa shape index (κ3) is 10.7. The van der Waals surface area contributed by atoms with Crippen LogP contribution >= 0.6 is 22.6 Å². The summed E-state index contributed by atoms with van der Waals surface area (Å²) >= 11 is 2.05. The lowest BCUT2D eigenvalue weighted by Crippen LogP contribution is -2.17. The molecule has 0 heterocycles. The van der Waals surface area contributed by atoms with Gasteiger partial charge in [0.15, 0.2) is 0 Å². The number of aliphatic hydroxyl groups excluding tert-OH is 1. The summed E-state index contributed by atoms with van der Waals surface area (Å²) in [6, 6.07) is 0. The molecule has 96 valence electrons. The number of aliphatic hydroxyl groups is 1. The maximum Gasteiger partial charge on any atom is 0.308 e. The molecule has 0 aromatic rings. The van der Waals surface area contributed by atoms with Crippen LogP contribution in [0, 0.1) is 0 Å². The number of rotatable bonds is 10. The number of hydrogen-bond donors (Lipinski definition) is 1. The molecule has 0 aromatic heterocycles. The van der Waals surface area contributed by atoms with Gasteiger partial charge in [-0.15, -0.1) is 0 Å². The first kappa shape index (κ1) is 16.2. The van der Waals surface area contributed by atoms with Crippen LogP contribution in [0.15, 0.2) is 0 Å². The van der Waals surface area contributed by atoms with Crippen LogP contribution in [-0.4, -0.2) is 28.2 Å². The van der Waals surface area contributed by atoms with E-state index in [0.29, 0.717) is 11.0 Å². The number of carbonyl (C=O) groups excluding carboxylic acids is 1. The minimum absolute atomic E-state index is 0.124. The maximum atomic E-state index is 11.2. The summed E-state index contributed by atoms with van der Waals surface area (Å²) in [6.07, 6.45) is 6.68. The highest BCUT2D eigenvalue weighted by Crippen LogP contribution is 2.05. The lowest BCUT2D eigenvalue weighted by molar-refractivity contribution is -0.145. The van der Waals surface area contributed by atoms with Gasteiger partial charge in [0.2, 0.25) is 0 Å². The van der Waals surface area contributed by atoms with Crippen LogP contribution in [0.1, 0.15) is 51.9 Å². The molecule has 0 amide bonds. The number of carbonyl (C=O) groups is 1. The largest absolute Gasteiger partial charge is 0.466 e. The molecule has 3 nitrogen and oxygen atoms in total. The smallest absolute Gasteiger partial charge is 0.308 e. The summed E-state index contributed by atoms with van der Waals surface area (Å²) in [5.41, 5.74) is 0. The van der Waals surface area contributed by atoms with E-state index in [1.54, 1.807) is 0 Å². The Hall–Kier alpha value is 0.160. The SMILES string of the molecule is CCCCCCCCOC(=O)CC(O)CI. The van der Waals surface area contributed by atoms with E-state index >= 15 is 0 Å². The minimum Gasteiger partial charge on any atom is -0.466 e. The second-order valence-electron chi connectivity index (χ2n) is 4.00. The molecule has 0 aliphatic rings. The van der Waals surface area contributed by atoms with Gasteiger partial charge >= 0.3 is 5.97 Å². The van der Waals surface area contributed by atoms with Crippen molar-refractivity contribution in [1.29, 1.82) is 0 Å². The first-order chi connectivity index (χ1) is 7.70. The van der Waals surface area contributed by atoms with Crippen molar-refractivity contribution in [2.45, 2.75) is 58.0 Å². The molecule has 1 unspecified atom stereocenters. The standard InChI is InChI=1S/C12H23IO3/c1-2-3-4-5-6-7-8-16-12(15)9-11(14)10-13/h11,14H,2-10H2,1H3. The first-order valence-electron chi connectivity index (χ1n) is 6.10. The zero-order valence-electron chi connectivity index (χ0n) is 10.1. The van der Waals surface area contributed by atoms with Crippen LogP contribution in [0.5, 0.6) is 0 Å². The van der Waals surface area contributed by atoms with E-state index in [4.69, 9.17) is 4.74 Å². The summed E-state index contributed by atoms with van der Waals surface area (Å²) in [6.45, 7) is 2.69. The molecule has 0 bridgehead atoms. The van der Waals surface area contributed by atoms with Gasteiger partial charge in [-0.1, -0.05) is 61.6 Å². The molecule has 0 rings (SSSR count). The zero-order valence-corrected chi connectivity index (χ0v) is 12.2. The van der Waals surface area contributed by atoms with Gasteiger partial charge in [-0.3, -0.25) is 4.79 Å². The van der Waals surface area contributed by atoms with Crippen LogP contribution in [0.25, 0.3) is 0 Å². The number of hydrogen-bond acceptors (Lipinski definition) is 3. The second-order valence-corrected chi connectivity index (χ2v) is 4.88. The number of unbranched alkanes of at least 4 members (excludes halogenated alkanes) is 5. The first-order valence-corrected chi connectivity index (χ1v) is 7.63. The Morgan fingerprint density at radius 3 is 2.50 bits per heavy atom. The molecule has 4 heteroatoms. The lowest BCUT2D eigenvalue weighted by Gasteiger charge is -2.07. The average molecular weight is 342 g/mol. The van der Waals surface area contributed by atoms with Crippen LogP contribution in [0.2, 0.25) is 0 Å². The van der Waals surface area contributed by atoms with Crippen molar-refractivity contribution in [1.82, 2.24) is 0 Å². The van der Waals surface area contributed by atoms with E-state index in [-0.39, 0.29) is 12.4 Å². The Balaban J connectivity index is 3.21. The number of alkyl halides is 1. The molecular weight excluding hydrogens is 319 g/mol. The predicted octanol–water partition coefficient (Wildman–Crippen LogP) is 3.08. The van der Waals surface area contributed by atoms with E-state index in [1.807, 2.05) is 0 Å². The Morgan fingerprint density at radius 2 is 1.88 bits per heavy atom. The Bertz CT molecular complexity index is 174. The summed E-state index contributed by atoms with van der Waals surface area (Å²) in [7, 11) is 0. The number of ether oxygens (including phenoxy) is 1. The zero-order chi connectivity index (χ0) is 12.2. The van der Waals surface area contributed by atoms with E-state index in [9.17, 15) is 9.90 Å². The Kier molecular flexibility index (Phi) is 11.8. The quantitative estimate of drug-likeness (QED) is 0.287. The van der Waals surface area contributed by atoms with E-state index in [2.05, 4.69) is 29.5 Å². The van der Waals surface area contributed by atoms with Crippen LogP contribution in [-0.2, 0) is 9.53 Å². The van der Waals surface area contributed by atoms with E-state index < -0.39 is 6.10 Å². The highest BCUT2D eigenvalue weighted by atomic mass is 127. The Morgan fingerprint density at radius 1 is 1.25 bits per heavy atom. The third-order valence-electron chi connectivity index (χ3n) is 2.34. The van der Waals surface area contributed by atoms with Gasteiger partial charge in [0.1, 0.15) is 0 Å². The summed E-state index contributed by atoms with van der Waals surface area (Å²) in [5, 5.41) is 9.22. The fourth-order valence-corrected chi connectivity index (χ4v) is 1.69. The van der Waals surface area contributed by atoms with Crippen molar-refractivity contribution in [2.24, 2.45) is 0 Å². The molecule has 0 spiro atoms. The molecule has 0 aliphatic carbocycles. The Labute approximate surface area is 112 Å². The van der Waals surface area contributed by atoms with Gasteiger partial charge in [0, 0.05) is 4.43 Å². The fourth-order valence-electron chi connectivity index (χ4n) is 1.37. The van der Waals surface area contributed by atoms with Gasteiger partial charge in [-0.2, -0.15) is 0 Å². The molecule has 0 saturated heterocycles. The summed E-state index contributed by atoms with van der Waals surface area (Å²) < 4.78 is 5.59. The van der Waals surface area contributed by atoms with Crippen molar-refractivity contribution in [2.75, 3.05) is 11.0 Å².